The van der Waals surface area contributed by atoms with Gasteiger partial charge in [-0.05, 0) is 61.7 Å². The Balaban J connectivity index is 1.40. The summed E-state index contributed by atoms with van der Waals surface area (Å²) in [7, 11) is 0. The summed E-state index contributed by atoms with van der Waals surface area (Å²) in [5.41, 5.74) is 5.66. The molecule has 0 radical (unpaired) electrons. The van der Waals surface area contributed by atoms with Crippen LogP contribution in [0.1, 0.15) is 44.2 Å². The van der Waals surface area contributed by atoms with Crippen LogP contribution in [0, 0.1) is 20.8 Å². The Labute approximate surface area is 203 Å². The third kappa shape index (κ3) is 4.05. The van der Waals surface area contributed by atoms with Crippen molar-refractivity contribution in [2.75, 3.05) is 13.2 Å². The van der Waals surface area contributed by atoms with E-state index in [0.717, 1.165) is 22.3 Å². The van der Waals surface area contributed by atoms with Crippen molar-refractivity contribution < 1.29 is 24.2 Å². The van der Waals surface area contributed by atoms with Gasteiger partial charge >= 0.3 is 5.97 Å². The van der Waals surface area contributed by atoms with Gasteiger partial charge in [-0.15, -0.1) is 0 Å². The number of nitrogens with zero attached hydrogens (tertiary/aromatic N) is 1. The van der Waals surface area contributed by atoms with Crippen LogP contribution < -0.4 is 9.47 Å². The molecule has 178 valence electrons. The quantitative estimate of drug-likeness (QED) is 0.407. The highest BCUT2D eigenvalue weighted by atomic mass is 16.5. The Morgan fingerprint density at radius 2 is 1.83 bits per heavy atom. The van der Waals surface area contributed by atoms with Crippen LogP contribution in [0.4, 0.5) is 0 Å². The molecule has 0 amide bonds. The highest BCUT2D eigenvalue weighted by Crippen LogP contribution is 2.37. The van der Waals surface area contributed by atoms with Gasteiger partial charge < -0.3 is 14.6 Å². The fraction of sp³-hybridized carbons (Fsp3) is 0.241. The molecule has 1 atom stereocenters. The van der Waals surface area contributed by atoms with Crippen LogP contribution in [-0.4, -0.2) is 34.8 Å². The maximum atomic E-state index is 13.6. The van der Waals surface area contributed by atoms with E-state index in [2.05, 4.69) is 6.07 Å². The van der Waals surface area contributed by atoms with E-state index in [1.54, 1.807) is 17.6 Å². The number of aliphatic carboxylic acids is 1. The second kappa shape index (κ2) is 8.95. The molecule has 6 nitrogen and oxygen atoms in total. The monoisotopic (exact) mass is 469 g/mol. The van der Waals surface area contributed by atoms with E-state index in [1.807, 2.05) is 62.4 Å². The Morgan fingerprint density at radius 1 is 1.03 bits per heavy atom. The van der Waals surface area contributed by atoms with Crippen LogP contribution in [-0.2, 0) is 11.2 Å². The molecule has 4 aromatic rings. The minimum Gasteiger partial charge on any atom is -0.493 e. The zero-order valence-corrected chi connectivity index (χ0v) is 20.0. The number of fused-ring (bicyclic) bond motifs is 2. The number of carboxylic acid groups (broad SMARTS) is 1. The zero-order valence-electron chi connectivity index (χ0n) is 20.0. The lowest BCUT2D eigenvalue weighted by Gasteiger charge is -2.14. The first-order valence-corrected chi connectivity index (χ1v) is 11.7. The number of carbonyl (C=O) groups excluding carboxylic acids is 1. The smallest absolute Gasteiger partial charge is 0.307 e. The lowest BCUT2D eigenvalue weighted by molar-refractivity contribution is -0.136. The number of aryl methyl sites for hydroxylation is 2. The van der Waals surface area contributed by atoms with Crippen LogP contribution in [0.5, 0.6) is 11.5 Å². The predicted octanol–water partition coefficient (Wildman–Crippen LogP) is 5.44. The second-order valence-electron chi connectivity index (χ2n) is 9.08. The molecule has 0 spiro atoms. The normalized spacial score (nSPS) is 14.5. The molecule has 3 aromatic carbocycles. The van der Waals surface area contributed by atoms with E-state index < -0.39 is 5.97 Å². The molecule has 1 aliphatic heterocycles. The number of benzene rings is 3. The minimum atomic E-state index is -0.924. The summed E-state index contributed by atoms with van der Waals surface area (Å²) in [4.78, 5) is 25.0. The standard InChI is InChI=1S/C29H27NO5/c1-17-7-6-9-23-20(16-35-28(17)23)15-34-21-11-12-22(18(2)13-21)29(33)30-19(3)25(14-27(31)32)24-8-4-5-10-26(24)30/h4-13,20H,14-16H2,1-3H3,(H,31,32)/t20-/m1/s1. The van der Waals surface area contributed by atoms with E-state index >= 15 is 0 Å². The molecule has 1 aliphatic rings. The van der Waals surface area contributed by atoms with Crippen molar-refractivity contribution in [3.63, 3.8) is 0 Å². The number of hydrogen-bond donors (Lipinski definition) is 1. The van der Waals surface area contributed by atoms with Crippen LogP contribution >= 0.6 is 0 Å². The van der Waals surface area contributed by atoms with Gasteiger partial charge in [-0.2, -0.15) is 0 Å². The summed E-state index contributed by atoms with van der Waals surface area (Å²) in [5, 5.41) is 10.2. The van der Waals surface area contributed by atoms with Crippen molar-refractivity contribution >= 4 is 22.8 Å². The van der Waals surface area contributed by atoms with Crippen molar-refractivity contribution in [1.82, 2.24) is 4.57 Å². The summed E-state index contributed by atoms with van der Waals surface area (Å²) in [5.74, 6) is 0.697. The number of rotatable bonds is 6. The lowest BCUT2D eigenvalue weighted by Crippen LogP contribution is -2.16. The first-order chi connectivity index (χ1) is 16.8. The third-order valence-corrected chi connectivity index (χ3v) is 6.76. The predicted molar refractivity (Wildman–Crippen MR) is 134 cm³/mol. The van der Waals surface area contributed by atoms with Crippen molar-refractivity contribution in [3.05, 3.63) is 94.2 Å². The van der Waals surface area contributed by atoms with Crippen LogP contribution in [0.2, 0.25) is 0 Å². The number of hydrogen-bond acceptors (Lipinski definition) is 4. The molecule has 0 saturated heterocycles. The Bertz CT molecular complexity index is 1470. The highest BCUT2D eigenvalue weighted by Gasteiger charge is 2.26. The average Bonchev–Trinajstić information content (AvgIpc) is 3.37. The fourth-order valence-electron chi connectivity index (χ4n) is 4.96. The van der Waals surface area contributed by atoms with Gasteiger partial charge in [-0.1, -0.05) is 36.4 Å². The van der Waals surface area contributed by atoms with E-state index in [0.29, 0.717) is 41.3 Å². The maximum Gasteiger partial charge on any atom is 0.307 e. The molecule has 6 heteroatoms. The summed E-state index contributed by atoms with van der Waals surface area (Å²) >= 11 is 0. The first-order valence-electron chi connectivity index (χ1n) is 11.7. The van der Waals surface area contributed by atoms with Gasteiger partial charge in [0, 0.05) is 22.2 Å². The van der Waals surface area contributed by atoms with Gasteiger partial charge in [0.2, 0.25) is 0 Å². The van der Waals surface area contributed by atoms with Crippen molar-refractivity contribution in [1.29, 1.82) is 0 Å². The molecular weight excluding hydrogens is 442 g/mol. The van der Waals surface area contributed by atoms with Crippen molar-refractivity contribution in [2.24, 2.45) is 0 Å². The Hall–Kier alpha value is -4.06. The van der Waals surface area contributed by atoms with Crippen LogP contribution in [0.15, 0.2) is 60.7 Å². The number of ether oxygens (including phenoxy) is 2. The molecule has 0 bridgehead atoms. The van der Waals surface area contributed by atoms with Crippen LogP contribution in [0.25, 0.3) is 10.9 Å². The molecule has 1 N–H and O–H groups in total. The van der Waals surface area contributed by atoms with Gasteiger partial charge in [-0.3, -0.25) is 14.2 Å². The molecule has 0 aliphatic carbocycles. The highest BCUT2D eigenvalue weighted by molar-refractivity contribution is 6.05. The third-order valence-electron chi connectivity index (χ3n) is 6.76. The maximum absolute atomic E-state index is 13.6. The van der Waals surface area contributed by atoms with E-state index in [1.165, 1.54) is 5.56 Å². The fourth-order valence-corrected chi connectivity index (χ4v) is 4.96. The Morgan fingerprint density at radius 3 is 2.60 bits per heavy atom. The van der Waals surface area contributed by atoms with Gasteiger partial charge in [0.15, 0.2) is 0 Å². The number of para-hydroxylation sites is 2. The van der Waals surface area contributed by atoms with Crippen LogP contribution in [0.3, 0.4) is 0 Å². The van der Waals surface area contributed by atoms with Crippen molar-refractivity contribution in [3.8, 4) is 11.5 Å². The average molecular weight is 470 g/mol. The number of carboxylic acids is 1. The first kappa shape index (κ1) is 22.7. The summed E-state index contributed by atoms with van der Waals surface area (Å²) in [6, 6.07) is 19.0. The molecule has 0 fully saturated rings. The lowest BCUT2D eigenvalue weighted by atomic mass is 10.0. The zero-order chi connectivity index (χ0) is 24.7. The topological polar surface area (TPSA) is 77.8 Å². The summed E-state index contributed by atoms with van der Waals surface area (Å²) in [6.45, 7) is 6.81. The molecule has 35 heavy (non-hydrogen) atoms. The van der Waals surface area contributed by atoms with Gasteiger partial charge in [0.1, 0.15) is 11.5 Å². The Kier molecular flexibility index (Phi) is 5.81. The molecule has 2 heterocycles. The SMILES string of the molecule is Cc1cc(OC[C@@H]2COc3c(C)cccc32)ccc1C(=O)n1c(C)c(CC(=O)O)c2ccccc21. The van der Waals surface area contributed by atoms with E-state index in [-0.39, 0.29) is 18.2 Å². The van der Waals surface area contributed by atoms with E-state index in [4.69, 9.17) is 9.47 Å². The second-order valence-corrected chi connectivity index (χ2v) is 9.08. The molecule has 5 rings (SSSR count). The van der Waals surface area contributed by atoms with Gasteiger partial charge in [0.05, 0.1) is 31.1 Å². The summed E-state index contributed by atoms with van der Waals surface area (Å²) < 4.78 is 13.6. The largest absolute Gasteiger partial charge is 0.493 e. The molecule has 0 unspecified atom stereocenters. The van der Waals surface area contributed by atoms with Crippen molar-refractivity contribution in [2.45, 2.75) is 33.1 Å². The summed E-state index contributed by atoms with van der Waals surface area (Å²) in [6.07, 6.45) is -0.133. The number of aromatic nitrogens is 1. The molecule has 0 saturated carbocycles. The molecule has 1 aromatic heterocycles. The molecular formula is C29H27NO5. The minimum absolute atomic E-state index is 0.133. The van der Waals surface area contributed by atoms with E-state index in [9.17, 15) is 14.7 Å². The van der Waals surface area contributed by atoms with Gasteiger partial charge in [-0.25, -0.2) is 0 Å². The number of carbonyl (C=O) groups is 2. The van der Waals surface area contributed by atoms with Gasteiger partial charge in [0.25, 0.3) is 5.91 Å².